The van der Waals surface area contributed by atoms with Crippen molar-refractivity contribution in [2.24, 2.45) is 0 Å². The van der Waals surface area contributed by atoms with E-state index in [0.717, 1.165) is 21.5 Å². The Kier molecular flexibility index (Phi) is 4.02. The number of aromatic nitrogens is 1. The fourth-order valence-electron chi connectivity index (χ4n) is 1.50. The van der Waals surface area contributed by atoms with E-state index in [1.165, 1.54) is 0 Å². The fraction of sp³-hybridized carbons (Fsp3) is 0.154. The molecular weight excluding hydrogens is 300 g/mol. The first kappa shape index (κ1) is 12.4. The van der Waals surface area contributed by atoms with Gasteiger partial charge in [-0.2, -0.15) is 0 Å². The molecule has 0 aliphatic rings. The predicted octanol–water partition coefficient (Wildman–Crippen LogP) is 4.42. The zero-order chi connectivity index (χ0) is 12.3. The van der Waals surface area contributed by atoms with E-state index in [1.54, 1.807) is 0 Å². The van der Waals surface area contributed by atoms with Crippen LogP contribution in [0.25, 0.3) is 0 Å². The van der Waals surface area contributed by atoms with E-state index in [9.17, 15) is 0 Å². The summed E-state index contributed by atoms with van der Waals surface area (Å²) in [4.78, 5) is 4.42. The third-order valence-electron chi connectivity index (χ3n) is 2.34. The molecule has 1 aromatic carbocycles. The molecular formula is C13H12BrClN2. The second-order valence-corrected chi connectivity index (χ2v) is 5.01. The van der Waals surface area contributed by atoms with Gasteiger partial charge in [0.15, 0.2) is 0 Å². The lowest BCUT2D eigenvalue weighted by Crippen LogP contribution is -2.02. The van der Waals surface area contributed by atoms with Crippen molar-refractivity contribution < 1.29 is 0 Å². The standard InChI is InChI=1S/C13H12BrClN2/c1-9-3-2-4-11(17-9)8-16-10-5-6-12(14)13(15)7-10/h2-7,16H,8H2,1H3. The number of rotatable bonds is 3. The van der Waals surface area contributed by atoms with Crippen LogP contribution >= 0.6 is 27.5 Å². The summed E-state index contributed by atoms with van der Waals surface area (Å²) in [5, 5.41) is 3.99. The van der Waals surface area contributed by atoms with Gasteiger partial charge in [0, 0.05) is 15.9 Å². The van der Waals surface area contributed by atoms with Crippen molar-refractivity contribution in [3.8, 4) is 0 Å². The molecule has 17 heavy (non-hydrogen) atoms. The fourth-order valence-corrected chi connectivity index (χ4v) is 1.92. The number of nitrogens with zero attached hydrogens (tertiary/aromatic N) is 1. The van der Waals surface area contributed by atoms with Gasteiger partial charge in [0.1, 0.15) is 0 Å². The zero-order valence-corrected chi connectivity index (χ0v) is 11.7. The van der Waals surface area contributed by atoms with Gasteiger partial charge in [-0.25, -0.2) is 0 Å². The molecule has 0 aliphatic heterocycles. The van der Waals surface area contributed by atoms with Gasteiger partial charge in [-0.3, -0.25) is 4.98 Å². The smallest absolute Gasteiger partial charge is 0.0597 e. The van der Waals surface area contributed by atoms with Gasteiger partial charge < -0.3 is 5.32 Å². The minimum absolute atomic E-state index is 0.694. The first-order valence-electron chi connectivity index (χ1n) is 5.26. The van der Waals surface area contributed by atoms with E-state index in [1.807, 2.05) is 43.3 Å². The molecule has 0 bridgehead atoms. The lowest BCUT2D eigenvalue weighted by atomic mass is 10.3. The monoisotopic (exact) mass is 310 g/mol. The van der Waals surface area contributed by atoms with Gasteiger partial charge in [-0.15, -0.1) is 0 Å². The van der Waals surface area contributed by atoms with Crippen molar-refractivity contribution in [3.05, 3.63) is 57.3 Å². The number of pyridine rings is 1. The molecule has 0 saturated carbocycles. The second kappa shape index (κ2) is 5.52. The largest absolute Gasteiger partial charge is 0.379 e. The number of hydrogen-bond acceptors (Lipinski definition) is 2. The Balaban J connectivity index is 2.05. The summed E-state index contributed by atoms with van der Waals surface area (Å²) >= 11 is 9.38. The molecule has 0 unspecified atom stereocenters. The molecule has 0 saturated heterocycles. The van der Waals surface area contributed by atoms with Gasteiger partial charge in [-0.1, -0.05) is 17.7 Å². The van der Waals surface area contributed by atoms with Crippen molar-refractivity contribution in [3.63, 3.8) is 0 Å². The third-order valence-corrected chi connectivity index (χ3v) is 3.57. The highest BCUT2D eigenvalue weighted by Crippen LogP contribution is 2.25. The maximum Gasteiger partial charge on any atom is 0.0597 e. The van der Waals surface area contributed by atoms with Crippen molar-refractivity contribution in [1.29, 1.82) is 0 Å². The average Bonchev–Trinajstić information content (AvgIpc) is 2.31. The molecule has 0 amide bonds. The Morgan fingerprint density at radius 3 is 2.82 bits per heavy atom. The molecule has 1 aromatic heterocycles. The van der Waals surface area contributed by atoms with Crippen LogP contribution in [0.5, 0.6) is 0 Å². The molecule has 2 aromatic rings. The number of nitrogens with one attached hydrogen (secondary N) is 1. The number of anilines is 1. The minimum atomic E-state index is 0.694. The molecule has 0 aliphatic carbocycles. The summed E-state index contributed by atoms with van der Waals surface area (Å²) in [7, 11) is 0. The lowest BCUT2D eigenvalue weighted by Gasteiger charge is -2.07. The first-order valence-corrected chi connectivity index (χ1v) is 6.44. The summed E-state index contributed by atoms with van der Waals surface area (Å²) < 4.78 is 0.901. The number of benzene rings is 1. The minimum Gasteiger partial charge on any atom is -0.379 e. The van der Waals surface area contributed by atoms with E-state index >= 15 is 0 Å². The van der Waals surface area contributed by atoms with Crippen LogP contribution in [0, 0.1) is 6.92 Å². The predicted molar refractivity (Wildman–Crippen MR) is 75.5 cm³/mol. The quantitative estimate of drug-likeness (QED) is 0.907. The van der Waals surface area contributed by atoms with Crippen LogP contribution in [0.3, 0.4) is 0 Å². The van der Waals surface area contributed by atoms with Crippen molar-refractivity contribution in [2.75, 3.05) is 5.32 Å². The van der Waals surface area contributed by atoms with Gasteiger partial charge in [0.05, 0.1) is 17.3 Å². The number of aryl methyl sites for hydroxylation is 1. The van der Waals surface area contributed by atoms with E-state index in [2.05, 4.69) is 26.2 Å². The summed E-state index contributed by atoms with van der Waals surface area (Å²) in [6.07, 6.45) is 0. The van der Waals surface area contributed by atoms with E-state index in [0.29, 0.717) is 11.6 Å². The Morgan fingerprint density at radius 2 is 2.12 bits per heavy atom. The van der Waals surface area contributed by atoms with Crippen LogP contribution in [-0.2, 0) is 6.54 Å². The normalized spacial score (nSPS) is 10.3. The maximum absolute atomic E-state index is 6.02. The molecule has 0 fully saturated rings. The molecule has 0 atom stereocenters. The highest BCUT2D eigenvalue weighted by Gasteiger charge is 1.99. The zero-order valence-electron chi connectivity index (χ0n) is 9.37. The Bertz CT molecular complexity index is 529. The maximum atomic E-state index is 6.02. The molecule has 88 valence electrons. The van der Waals surface area contributed by atoms with Crippen LogP contribution in [0.2, 0.25) is 5.02 Å². The topological polar surface area (TPSA) is 24.9 Å². The van der Waals surface area contributed by atoms with Crippen LogP contribution in [-0.4, -0.2) is 4.98 Å². The number of halogens is 2. The third kappa shape index (κ3) is 3.45. The molecule has 0 spiro atoms. The molecule has 4 heteroatoms. The van der Waals surface area contributed by atoms with E-state index in [4.69, 9.17) is 11.6 Å². The van der Waals surface area contributed by atoms with Crippen molar-refractivity contribution >= 4 is 33.2 Å². The highest BCUT2D eigenvalue weighted by atomic mass is 79.9. The van der Waals surface area contributed by atoms with Crippen molar-refractivity contribution in [2.45, 2.75) is 13.5 Å². The summed E-state index contributed by atoms with van der Waals surface area (Å²) in [5.74, 6) is 0. The molecule has 1 heterocycles. The second-order valence-electron chi connectivity index (χ2n) is 3.75. The Hall–Kier alpha value is -1.06. The van der Waals surface area contributed by atoms with Gasteiger partial charge >= 0.3 is 0 Å². The van der Waals surface area contributed by atoms with Gasteiger partial charge in [0.2, 0.25) is 0 Å². The highest BCUT2D eigenvalue weighted by molar-refractivity contribution is 9.10. The number of hydrogen-bond donors (Lipinski definition) is 1. The van der Waals surface area contributed by atoms with E-state index in [-0.39, 0.29) is 0 Å². The molecule has 2 nitrogen and oxygen atoms in total. The Labute approximate surface area is 114 Å². The van der Waals surface area contributed by atoms with Crippen LogP contribution in [0.15, 0.2) is 40.9 Å². The molecule has 2 rings (SSSR count). The summed E-state index contributed by atoms with van der Waals surface area (Å²) in [5.41, 5.74) is 3.03. The lowest BCUT2D eigenvalue weighted by molar-refractivity contribution is 1.02. The Morgan fingerprint density at radius 1 is 1.29 bits per heavy atom. The van der Waals surface area contributed by atoms with Gasteiger partial charge in [0.25, 0.3) is 0 Å². The SMILES string of the molecule is Cc1cccc(CNc2ccc(Br)c(Cl)c2)n1. The van der Waals surface area contributed by atoms with Crippen LogP contribution in [0.1, 0.15) is 11.4 Å². The first-order chi connectivity index (χ1) is 8.15. The van der Waals surface area contributed by atoms with Crippen LogP contribution < -0.4 is 5.32 Å². The van der Waals surface area contributed by atoms with E-state index < -0.39 is 0 Å². The molecule has 0 radical (unpaired) electrons. The summed E-state index contributed by atoms with van der Waals surface area (Å²) in [6.45, 7) is 2.68. The van der Waals surface area contributed by atoms with Crippen LogP contribution in [0.4, 0.5) is 5.69 Å². The average molecular weight is 312 g/mol. The molecule has 1 N–H and O–H groups in total. The van der Waals surface area contributed by atoms with Crippen molar-refractivity contribution in [1.82, 2.24) is 4.98 Å². The van der Waals surface area contributed by atoms with Gasteiger partial charge in [-0.05, 0) is 53.2 Å². The summed E-state index contributed by atoms with van der Waals surface area (Å²) in [6, 6.07) is 11.8.